The van der Waals surface area contributed by atoms with Crippen molar-refractivity contribution in [2.75, 3.05) is 35.9 Å². The summed E-state index contributed by atoms with van der Waals surface area (Å²) in [7, 11) is -3.79. The second kappa shape index (κ2) is 9.01. The quantitative estimate of drug-likeness (QED) is 0.454. The number of fused-ring (bicyclic) bond motifs is 1. The van der Waals surface area contributed by atoms with Crippen molar-refractivity contribution in [2.45, 2.75) is 11.4 Å². The van der Waals surface area contributed by atoms with Crippen LogP contribution in [0.15, 0.2) is 82.5 Å². The number of ether oxygens (including phenoxy) is 1. The minimum Gasteiger partial charge on any atom is -0.378 e. The van der Waals surface area contributed by atoms with Crippen molar-refractivity contribution in [3.8, 4) is 0 Å². The first-order valence-corrected chi connectivity index (χ1v) is 12.9. The van der Waals surface area contributed by atoms with Crippen LogP contribution >= 0.6 is 11.3 Å². The van der Waals surface area contributed by atoms with Crippen LogP contribution < -0.4 is 14.5 Å². The highest BCUT2D eigenvalue weighted by Gasteiger charge is 2.18. The summed E-state index contributed by atoms with van der Waals surface area (Å²) in [5.74, 6) is 0. The van der Waals surface area contributed by atoms with Gasteiger partial charge in [-0.25, -0.2) is 8.42 Å². The first-order chi connectivity index (χ1) is 16.0. The van der Waals surface area contributed by atoms with Crippen LogP contribution in [-0.4, -0.2) is 39.3 Å². The third-order valence-electron chi connectivity index (χ3n) is 5.63. The molecule has 1 aliphatic rings. The summed E-state index contributed by atoms with van der Waals surface area (Å²) in [5.41, 5.74) is 3.26. The van der Waals surface area contributed by atoms with Crippen molar-refractivity contribution in [3.05, 3.63) is 88.0 Å². The third-order valence-corrected chi connectivity index (χ3v) is 7.95. The maximum atomic E-state index is 13.0. The molecule has 0 atom stereocenters. The normalized spacial score (nSPS) is 14.5. The lowest BCUT2D eigenvalue weighted by Gasteiger charge is -2.28. The van der Waals surface area contributed by atoms with Crippen molar-refractivity contribution in [2.24, 2.45) is 0 Å². The van der Waals surface area contributed by atoms with Crippen LogP contribution in [0.4, 0.5) is 11.4 Å². The zero-order valence-corrected chi connectivity index (χ0v) is 19.4. The predicted molar refractivity (Wildman–Crippen MR) is 132 cm³/mol. The molecule has 1 saturated heterocycles. The van der Waals surface area contributed by atoms with Crippen molar-refractivity contribution in [1.29, 1.82) is 0 Å². The number of thiazole rings is 1. The van der Waals surface area contributed by atoms with Gasteiger partial charge in [0.2, 0.25) is 0 Å². The number of benzene rings is 3. The number of morpholine rings is 1. The number of aromatic nitrogens is 1. The number of hydrogen-bond donors (Lipinski definition) is 1. The Kier molecular flexibility index (Phi) is 5.92. The smallest absolute Gasteiger partial charge is 0.308 e. The molecule has 0 saturated carbocycles. The highest BCUT2D eigenvalue weighted by molar-refractivity contribution is 7.92. The Bertz CT molecular complexity index is 1420. The summed E-state index contributed by atoms with van der Waals surface area (Å²) >= 11 is 1.05. The largest absolute Gasteiger partial charge is 0.378 e. The minimum atomic E-state index is -3.79. The zero-order valence-electron chi connectivity index (χ0n) is 17.8. The highest BCUT2D eigenvalue weighted by atomic mass is 32.2. The fourth-order valence-corrected chi connectivity index (χ4v) is 5.99. The van der Waals surface area contributed by atoms with Gasteiger partial charge in [-0.1, -0.05) is 41.7 Å². The SMILES string of the molecule is O=c1sc2cc(S(=O)(=O)Nc3ccc(N4CCOCC4)cc3)ccc2n1Cc1ccccc1. The van der Waals surface area contributed by atoms with E-state index in [2.05, 4.69) is 9.62 Å². The third kappa shape index (κ3) is 4.66. The number of rotatable bonds is 6. The number of hydrogen-bond acceptors (Lipinski definition) is 6. The fraction of sp³-hybridized carbons (Fsp3) is 0.208. The molecule has 1 aromatic heterocycles. The number of anilines is 2. The minimum absolute atomic E-state index is 0.116. The van der Waals surface area contributed by atoms with E-state index < -0.39 is 10.0 Å². The van der Waals surface area contributed by atoms with Crippen LogP contribution in [0.3, 0.4) is 0 Å². The van der Waals surface area contributed by atoms with Gasteiger partial charge < -0.3 is 9.64 Å². The summed E-state index contributed by atoms with van der Waals surface area (Å²) in [5, 5.41) is 0. The van der Waals surface area contributed by atoms with E-state index >= 15 is 0 Å². The molecule has 1 N–H and O–H groups in total. The summed E-state index contributed by atoms with van der Waals surface area (Å²) in [6.45, 7) is 3.46. The molecular formula is C24H23N3O4S2. The molecule has 9 heteroatoms. The lowest BCUT2D eigenvalue weighted by Crippen LogP contribution is -2.36. The van der Waals surface area contributed by atoms with Crippen LogP contribution in [-0.2, 0) is 21.3 Å². The van der Waals surface area contributed by atoms with Crippen LogP contribution in [0.5, 0.6) is 0 Å². The summed E-state index contributed by atoms with van der Waals surface area (Å²) in [4.78, 5) is 14.8. The van der Waals surface area contributed by atoms with Gasteiger partial charge in [-0.15, -0.1) is 0 Å². The van der Waals surface area contributed by atoms with Gasteiger partial charge in [-0.3, -0.25) is 14.1 Å². The molecule has 1 aliphatic heterocycles. The molecule has 3 aromatic carbocycles. The van der Waals surface area contributed by atoms with Gasteiger partial charge in [0.15, 0.2) is 0 Å². The van der Waals surface area contributed by atoms with Crippen molar-refractivity contribution < 1.29 is 13.2 Å². The van der Waals surface area contributed by atoms with Crippen LogP contribution in [0.2, 0.25) is 0 Å². The molecule has 0 radical (unpaired) electrons. The molecule has 170 valence electrons. The van der Waals surface area contributed by atoms with E-state index in [1.54, 1.807) is 34.9 Å². The molecular weight excluding hydrogens is 458 g/mol. The van der Waals surface area contributed by atoms with E-state index in [0.717, 1.165) is 41.2 Å². The summed E-state index contributed by atoms with van der Waals surface area (Å²) in [6.07, 6.45) is 0. The first kappa shape index (κ1) is 21.7. The molecule has 1 fully saturated rings. The highest BCUT2D eigenvalue weighted by Crippen LogP contribution is 2.25. The van der Waals surface area contributed by atoms with Crippen molar-refractivity contribution >= 4 is 43.0 Å². The fourth-order valence-electron chi connectivity index (χ4n) is 3.91. The Morgan fingerprint density at radius 3 is 2.39 bits per heavy atom. The second-order valence-electron chi connectivity index (χ2n) is 7.82. The Morgan fingerprint density at radius 1 is 0.939 bits per heavy atom. The predicted octanol–water partition coefficient (Wildman–Crippen LogP) is 3.75. The Balaban J connectivity index is 1.37. The lowest BCUT2D eigenvalue weighted by molar-refractivity contribution is 0.122. The van der Waals surface area contributed by atoms with E-state index in [-0.39, 0.29) is 9.77 Å². The van der Waals surface area contributed by atoms with Crippen LogP contribution in [0.1, 0.15) is 5.56 Å². The first-order valence-electron chi connectivity index (χ1n) is 10.6. The van der Waals surface area contributed by atoms with Crippen LogP contribution in [0, 0.1) is 0 Å². The molecule has 0 unspecified atom stereocenters. The van der Waals surface area contributed by atoms with Crippen molar-refractivity contribution in [3.63, 3.8) is 0 Å². The Labute approximate surface area is 195 Å². The number of nitrogens with zero attached hydrogens (tertiary/aromatic N) is 2. The molecule has 0 bridgehead atoms. The molecule has 33 heavy (non-hydrogen) atoms. The van der Waals surface area contributed by atoms with Gasteiger partial charge in [0.1, 0.15) is 0 Å². The molecule has 7 nitrogen and oxygen atoms in total. The van der Waals surface area contributed by atoms with Crippen molar-refractivity contribution in [1.82, 2.24) is 4.57 Å². The molecule has 0 amide bonds. The monoisotopic (exact) mass is 481 g/mol. The molecule has 0 spiro atoms. The molecule has 5 rings (SSSR count). The van der Waals surface area contributed by atoms with E-state index in [9.17, 15) is 13.2 Å². The van der Waals surface area contributed by atoms with Gasteiger partial charge >= 0.3 is 4.87 Å². The number of sulfonamides is 1. The average molecular weight is 482 g/mol. The summed E-state index contributed by atoms with van der Waals surface area (Å²) in [6, 6.07) is 21.8. The lowest BCUT2D eigenvalue weighted by atomic mass is 10.2. The van der Waals surface area contributed by atoms with Gasteiger partial charge in [0, 0.05) is 24.5 Å². The van der Waals surface area contributed by atoms with Gasteiger partial charge in [0.05, 0.1) is 34.9 Å². The van der Waals surface area contributed by atoms with E-state index in [0.29, 0.717) is 30.1 Å². The Hall–Kier alpha value is -3.14. The average Bonchev–Trinajstić information content (AvgIpc) is 3.15. The Morgan fingerprint density at radius 2 is 1.67 bits per heavy atom. The van der Waals surface area contributed by atoms with E-state index in [4.69, 9.17) is 4.74 Å². The van der Waals surface area contributed by atoms with E-state index in [1.165, 1.54) is 0 Å². The van der Waals surface area contributed by atoms with Gasteiger partial charge in [-0.2, -0.15) is 0 Å². The maximum Gasteiger partial charge on any atom is 0.308 e. The number of nitrogens with one attached hydrogen (secondary N) is 1. The zero-order chi connectivity index (χ0) is 22.8. The van der Waals surface area contributed by atoms with Crippen LogP contribution in [0.25, 0.3) is 10.2 Å². The van der Waals surface area contributed by atoms with E-state index in [1.807, 2.05) is 42.5 Å². The topological polar surface area (TPSA) is 80.6 Å². The van der Waals surface area contributed by atoms with Gasteiger partial charge in [-0.05, 0) is 48.0 Å². The standard InChI is InChI=1S/C24H23N3O4S2/c28-24-27(17-18-4-2-1-3-5-18)22-11-10-21(16-23(22)32-24)33(29,30)25-19-6-8-20(9-7-19)26-12-14-31-15-13-26/h1-11,16,25H,12-15,17H2. The summed E-state index contributed by atoms with van der Waals surface area (Å²) < 4.78 is 36.3. The molecule has 0 aliphatic carbocycles. The molecule has 2 heterocycles. The second-order valence-corrected chi connectivity index (χ2v) is 10.5. The maximum absolute atomic E-state index is 13.0. The van der Waals surface area contributed by atoms with Gasteiger partial charge in [0.25, 0.3) is 10.0 Å². The molecule has 4 aromatic rings.